The third-order valence-corrected chi connectivity index (χ3v) is 4.37. The zero-order valence-corrected chi connectivity index (χ0v) is 12.5. The van der Waals surface area contributed by atoms with Crippen molar-refractivity contribution in [3.8, 4) is 5.75 Å². The number of pyridine rings is 1. The van der Waals surface area contributed by atoms with E-state index in [4.69, 9.17) is 9.47 Å². The van der Waals surface area contributed by atoms with Crippen LogP contribution in [0.4, 0.5) is 0 Å². The Morgan fingerprint density at radius 3 is 2.74 bits per heavy atom. The van der Waals surface area contributed by atoms with Crippen LogP contribution in [0.5, 0.6) is 5.75 Å². The van der Waals surface area contributed by atoms with Gasteiger partial charge in [-0.25, -0.2) is 4.98 Å². The van der Waals surface area contributed by atoms with Gasteiger partial charge in [-0.3, -0.25) is 14.4 Å². The molecule has 0 saturated carbocycles. The van der Waals surface area contributed by atoms with Crippen molar-refractivity contribution in [2.45, 2.75) is 38.1 Å². The van der Waals surface area contributed by atoms with E-state index in [1.807, 2.05) is 0 Å². The van der Waals surface area contributed by atoms with Crippen LogP contribution in [0.1, 0.15) is 41.1 Å². The lowest BCUT2D eigenvalue weighted by molar-refractivity contribution is -0.141. The van der Waals surface area contributed by atoms with Crippen LogP contribution in [-0.4, -0.2) is 45.4 Å². The Balaban J connectivity index is 1.97. The van der Waals surface area contributed by atoms with Crippen LogP contribution in [0.3, 0.4) is 0 Å². The van der Waals surface area contributed by atoms with Gasteiger partial charge in [0.2, 0.25) is 5.78 Å². The Morgan fingerprint density at radius 1 is 1.26 bits per heavy atom. The highest BCUT2D eigenvalue weighted by molar-refractivity contribution is 6.27. The van der Waals surface area contributed by atoms with Crippen molar-refractivity contribution in [3.63, 3.8) is 0 Å². The molecule has 2 atom stereocenters. The van der Waals surface area contributed by atoms with Crippen LogP contribution in [0.2, 0.25) is 0 Å². The largest absolute Gasteiger partial charge is 0.506 e. The number of carbonyl (C=O) groups excluding carboxylic acids is 3. The van der Waals surface area contributed by atoms with Crippen molar-refractivity contribution in [2.75, 3.05) is 0 Å². The lowest BCUT2D eigenvalue weighted by Gasteiger charge is -2.41. The average Bonchev–Trinajstić information content (AvgIpc) is 2.82. The first kappa shape index (κ1) is 14.1. The van der Waals surface area contributed by atoms with Crippen LogP contribution in [0.15, 0.2) is 23.4 Å². The Kier molecular flexibility index (Phi) is 2.61. The highest BCUT2D eigenvalue weighted by Crippen LogP contribution is 2.44. The van der Waals surface area contributed by atoms with E-state index in [0.29, 0.717) is 0 Å². The summed E-state index contributed by atoms with van der Waals surface area (Å²) in [5, 5.41) is 9.56. The summed E-state index contributed by atoms with van der Waals surface area (Å²) in [5.74, 6) is -1.57. The van der Waals surface area contributed by atoms with E-state index in [-0.39, 0.29) is 34.6 Å². The van der Waals surface area contributed by atoms with Gasteiger partial charge in [0, 0.05) is 5.57 Å². The number of aromatic hydroxyl groups is 1. The molecule has 0 aromatic carbocycles. The lowest BCUT2D eigenvalue weighted by atomic mass is 9.75. The van der Waals surface area contributed by atoms with Crippen molar-refractivity contribution < 1.29 is 29.0 Å². The standard InChI is InChI=1S/C16H13NO6/c1-16(2)11-10(15-8(23-16)4-9(19)22-15)14(21)12-7(13(11)20)3-6(18)5-17-12/h3,5,8,15,18H,4H2,1-2H3/t8-,15+/m1/s1. The summed E-state index contributed by atoms with van der Waals surface area (Å²) in [6, 6.07) is 1.22. The fourth-order valence-electron chi connectivity index (χ4n) is 3.50. The smallest absolute Gasteiger partial charge is 0.309 e. The Labute approximate surface area is 130 Å². The first-order valence-electron chi connectivity index (χ1n) is 7.20. The molecule has 0 radical (unpaired) electrons. The zero-order valence-electron chi connectivity index (χ0n) is 12.5. The molecule has 0 amide bonds. The summed E-state index contributed by atoms with van der Waals surface area (Å²) in [4.78, 5) is 41.2. The summed E-state index contributed by atoms with van der Waals surface area (Å²) >= 11 is 0. The normalized spacial score (nSPS) is 28.2. The predicted molar refractivity (Wildman–Crippen MR) is 75.0 cm³/mol. The van der Waals surface area contributed by atoms with Gasteiger partial charge in [0.25, 0.3) is 0 Å². The molecule has 1 aromatic rings. The molecule has 2 aliphatic heterocycles. The molecule has 118 valence electrons. The monoisotopic (exact) mass is 315 g/mol. The number of fused-ring (bicyclic) bond motifs is 3. The molecule has 0 unspecified atom stereocenters. The van der Waals surface area contributed by atoms with Gasteiger partial charge in [0.15, 0.2) is 11.9 Å². The minimum absolute atomic E-state index is 0.0354. The molecule has 1 fully saturated rings. The van der Waals surface area contributed by atoms with Crippen molar-refractivity contribution in [1.82, 2.24) is 4.98 Å². The predicted octanol–water partition coefficient (Wildman–Crippen LogP) is 0.956. The number of ketones is 2. The number of aromatic nitrogens is 1. The number of rotatable bonds is 0. The molecule has 4 rings (SSSR count). The van der Waals surface area contributed by atoms with Gasteiger partial charge < -0.3 is 14.6 Å². The Hall–Kier alpha value is -2.54. The molecular weight excluding hydrogens is 302 g/mol. The Bertz CT molecular complexity index is 822. The molecule has 7 nitrogen and oxygen atoms in total. The fourth-order valence-corrected chi connectivity index (χ4v) is 3.50. The van der Waals surface area contributed by atoms with E-state index in [1.165, 1.54) is 6.07 Å². The fraction of sp³-hybridized carbons (Fsp3) is 0.375. The maximum atomic E-state index is 12.9. The van der Waals surface area contributed by atoms with Gasteiger partial charge in [-0.15, -0.1) is 0 Å². The number of esters is 1. The van der Waals surface area contributed by atoms with Gasteiger partial charge in [0.1, 0.15) is 17.5 Å². The highest BCUT2D eigenvalue weighted by atomic mass is 16.6. The second-order valence-corrected chi connectivity index (χ2v) is 6.32. The maximum absolute atomic E-state index is 12.9. The van der Waals surface area contributed by atoms with Gasteiger partial charge in [-0.05, 0) is 19.9 Å². The molecule has 23 heavy (non-hydrogen) atoms. The SMILES string of the molecule is CC1(C)O[C@@H]2CC(=O)O[C@@H]2C2=C1C(=O)c1cc(O)cnc1C2=O. The summed E-state index contributed by atoms with van der Waals surface area (Å²) < 4.78 is 11.1. The number of hydrogen-bond donors (Lipinski definition) is 1. The molecule has 0 spiro atoms. The summed E-state index contributed by atoms with van der Waals surface area (Å²) in [5.41, 5.74) is -0.731. The van der Waals surface area contributed by atoms with E-state index < -0.39 is 35.3 Å². The van der Waals surface area contributed by atoms with Crippen molar-refractivity contribution in [3.05, 3.63) is 34.7 Å². The van der Waals surface area contributed by atoms with Crippen LogP contribution in [0, 0.1) is 0 Å². The molecule has 7 heteroatoms. The van der Waals surface area contributed by atoms with Crippen molar-refractivity contribution in [2.24, 2.45) is 0 Å². The minimum Gasteiger partial charge on any atom is -0.506 e. The van der Waals surface area contributed by atoms with Gasteiger partial charge in [-0.2, -0.15) is 0 Å². The number of Topliss-reactive ketones (excluding diaryl/α,β-unsaturated/α-hetero) is 2. The molecule has 3 aliphatic rings. The third kappa shape index (κ3) is 1.80. The number of carbonyl (C=O) groups is 3. The first-order valence-corrected chi connectivity index (χ1v) is 7.20. The molecule has 3 heterocycles. The van der Waals surface area contributed by atoms with Crippen molar-refractivity contribution >= 4 is 17.5 Å². The van der Waals surface area contributed by atoms with E-state index >= 15 is 0 Å². The summed E-state index contributed by atoms with van der Waals surface area (Å²) in [7, 11) is 0. The average molecular weight is 315 g/mol. The van der Waals surface area contributed by atoms with E-state index in [0.717, 1.165) is 6.20 Å². The molecule has 1 saturated heterocycles. The third-order valence-electron chi connectivity index (χ3n) is 4.37. The van der Waals surface area contributed by atoms with Crippen molar-refractivity contribution in [1.29, 1.82) is 0 Å². The maximum Gasteiger partial charge on any atom is 0.309 e. The van der Waals surface area contributed by atoms with E-state index in [1.54, 1.807) is 13.8 Å². The van der Waals surface area contributed by atoms with E-state index in [2.05, 4.69) is 4.98 Å². The minimum atomic E-state index is -1.04. The van der Waals surface area contributed by atoms with Crippen LogP contribution < -0.4 is 0 Å². The molecule has 1 aliphatic carbocycles. The number of nitrogens with zero attached hydrogens (tertiary/aromatic N) is 1. The first-order chi connectivity index (χ1) is 10.8. The van der Waals surface area contributed by atoms with Gasteiger partial charge >= 0.3 is 5.97 Å². The number of ether oxygens (including phenoxy) is 2. The second kappa shape index (κ2) is 4.26. The Morgan fingerprint density at radius 2 is 2.00 bits per heavy atom. The quantitative estimate of drug-likeness (QED) is 0.711. The van der Waals surface area contributed by atoms with Crippen LogP contribution >= 0.6 is 0 Å². The van der Waals surface area contributed by atoms with Crippen LogP contribution in [0.25, 0.3) is 0 Å². The lowest BCUT2D eigenvalue weighted by Crippen LogP contribution is -2.50. The van der Waals surface area contributed by atoms with Gasteiger partial charge in [-0.1, -0.05) is 0 Å². The molecule has 1 aromatic heterocycles. The topological polar surface area (TPSA) is 103 Å². The molecule has 1 N–H and O–H groups in total. The summed E-state index contributed by atoms with van der Waals surface area (Å²) in [6.45, 7) is 3.35. The van der Waals surface area contributed by atoms with Gasteiger partial charge in [0.05, 0.1) is 29.4 Å². The van der Waals surface area contributed by atoms with E-state index in [9.17, 15) is 19.5 Å². The zero-order chi connectivity index (χ0) is 16.5. The summed E-state index contributed by atoms with van der Waals surface area (Å²) in [6.07, 6.45) is -0.321. The number of hydrogen-bond acceptors (Lipinski definition) is 7. The second-order valence-electron chi connectivity index (χ2n) is 6.32. The highest BCUT2D eigenvalue weighted by Gasteiger charge is 2.54. The van der Waals surface area contributed by atoms with Crippen LogP contribution in [-0.2, 0) is 14.3 Å². The molecular formula is C16H13NO6. The molecule has 0 bridgehead atoms.